The van der Waals surface area contributed by atoms with Crippen molar-refractivity contribution in [3.63, 3.8) is 0 Å². The zero-order valence-electron chi connectivity index (χ0n) is 17.3. The standard InChI is InChI=1S/C25H21ClO5S/c1-2-30-23-15-13-21(14-16-23)25-18-22(19-9-5-3-6-10-19)17-24(20-11-7-4-8-12-20)32(25)31-26(27,28)29/h3-18H,2H2,1H3. The van der Waals surface area contributed by atoms with Crippen molar-refractivity contribution in [1.29, 1.82) is 0 Å². The number of ether oxygens (including phenoxy) is 1. The van der Waals surface area contributed by atoms with Gasteiger partial charge in [0.15, 0.2) is 0 Å². The van der Waals surface area contributed by atoms with Crippen LogP contribution in [0.1, 0.15) is 23.6 Å². The molecule has 32 heavy (non-hydrogen) atoms. The molecule has 4 rings (SSSR count). The Bertz CT molecular complexity index is 1160. The van der Waals surface area contributed by atoms with E-state index in [4.69, 9.17) is 8.47 Å². The lowest BCUT2D eigenvalue weighted by molar-refractivity contribution is -1.91. The predicted octanol–water partition coefficient (Wildman–Crippen LogP) is 2.84. The number of hydrogen-bond donors (Lipinski definition) is 0. The van der Waals surface area contributed by atoms with E-state index in [2.05, 4.69) is 0 Å². The third-order valence-corrected chi connectivity index (χ3v) is 7.36. The molecule has 1 unspecified atom stereocenters. The lowest BCUT2D eigenvalue weighted by atomic mass is 10.0. The third kappa shape index (κ3) is 5.37. The molecule has 1 atom stereocenters. The maximum absolute atomic E-state index is 11.7. The summed E-state index contributed by atoms with van der Waals surface area (Å²) in [6.07, 6.45) is 3.76. The van der Waals surface area contributed by atoms with Crippen molar-refractivity contribution >= 4 is 26.1 Å². The van der Waals surface area contributed by atoms with Gasteiger partial charge in [-0.15, -0.1) is 0 Å². The van der Waals surface area contributed by atoms with Crippen molar-refractivity contribution in [2.75, 3.05) is 6.61 Å². The lowest BCUT2D eigenvalue weighted by Gasteiger charge is -2.22. The summed E-state index contributed by atoms with van der Waals surface area (Å²) in [5.74, 6) is 0.703. The van der Waals surface area contributed by atoms with E-state index in [-0.39, 0.29) is 0 Å². The van der Waals surface area contributed by atoms with Gasteiger partial charge in [-0.3, -0.25) is 0 Å². The van der Waals surface area contributed by atoms with E-state index in [0.717, 1.165) is 22.3 Å². The molecule has 0 amide bonds. The van der Waals surface area contributed by atoms with Gasteiger partial charge in [-0.25, -0.2) is 0 Å². The van der Waals surface area contributed by atoms with Crippen LogP contribution in [0, 0.1) is 10.2 Å². The highest BCUT2D eigenvalue weighted by Gasteiger charge is 2.31. The van der Waals surface area contributed by atoms with Gasteiger partial charge in [0, 0.05) is 0 Å². The minimum absolute atomic E-state index is 0.537. The Balaban J connectivity index is 1.93. The van der Waals surface area contributed by atoms with Gasteiger partial charge in [0.25, 0.3) is 0 Å². The van der Waals surface area contributed by atoms with Crippen molar-refractivity contribution in [1.82, 2.24) is 0 Å². The van der Waals surface area contributed by atoms with Gasteiger partial charge in [-0.2, -0.15) is 14.0 Å². The van der Waals surface area contributed by atoms with Crippen LogP contribution in [-0.4, -0.2) is 11.5 Å². The van der Waals surface area contributed by atoms with E-state index < -0.39 is 21.0 Å². The minimum Gasteiger partial charge on any atom is -0.494 e. The monoisotopic (exact) mass is 468 g/mol. The molecule has 5 nitrogen and oxygen atoms in total. The number of halogens is 1. The summed E-state index contributed by atoms with van der Waals surface area (Å²) in [6, 6.07) is 26.4. The molecule has 0 saturated carbocycles. The Kier molecular flexibility index (Phi) is 6.91. The first-order valence-corrected chi connectivity index (χ1v) is 12.3. The fraction of sp³-hybridized carbons (Fsp3) is 0.0800. The lowest BCUT2D eigenvalue weighted by Crippen LogP contribution is -2.60. The number of hydrogen-bond acceptors (Lipinski definition) is 5. The largest absolute Gasteiger partial charge is 0.494 e. The molecule has 3 aromatic rings. The topological polar surface area (TPSA) is 87.6 Å². The van der Waals surface area contributed by atoms with Gasteiger partial charge in [0.1, 0.15) is 20.3 Å². The first-order valence-electron chi connectivity index (χ1n) is 9.94. The molecule has 1 aliphatic rings. The normalized spacial score (nSPS) is 16.4. The van der Waals surface area contributed by atoms with Crippen LogP contribution in [0.15, 0.2) is 97.1 Å². The van der Waals surface area contributed by atoms with Crippen LogP contribution in [0.4, 0.5) is 0 Å². The Labute approximate surface area is 191 Å². The second-order valence-electron chi connectivity index (χ2n) is 6.87. The van der Waals surface area contributed by atoms with Gasteiger partial charge in [0.05, 0.1) is 26.6 Å². The zero-order chi connectivity index (χ0) is 22.6. The maximum Gasteiger partial charge on any atom is 0.148 e. The molecule has 0 saturated heterocycles. The molecule has 7 heteroatoms. The molecule has 1 aliphatic heterocycles. The third-order valence-electron chi connectivity index (χ3n) is 4.73. The summed E-state index contributed by atoms with van der Waals surface area (Å²) >= 11 is 0. The Hall–Kier alpha value is -2.71. The molecular weight excluding hydrogens is 448 g/mol. The molecule has 3 aromatic carbocycles. The average molecular weight is 469 g/mol. The van der Waals surface area contributed by atoms with Crippen LogP contribution in [0.5, 0.6) is 5.75 Å². The molecule has 0 aliphatic carbocycles. The van der Waals surface area contributed by atoms with Gasteiger partial charge >= 0.3 is 0 Å². The zero-order valence-corrected chi connectivity index (χ0v) is 18.8. The summed E-state index contributed by atoms with van der Waals surface area (Å²) in [6.45, 7) is 2.44. The number of allylic oxidation sites excluding steroid dienone is 3. The quantitative estimate of drug-likeness (QED) is 0.497. The van der Waals surface area contributed by atoms with E-state index in [0.29, 0.717) is 22.1 Å². The second kappa shape index (κ2) is 9.83. The summed E-state index contributed by atoms with van der Waals surface area (Å²) in [5.41, 5.74) is 3.38. The first-order chi connectivity index (χ1) is 15.4. The summed E-state index contributed by atoms with van der Waals surface area (Å²) in [4.78, 5) is 1.21. The summed E-state index contributed by atoms with van der Waals surface area (Å²) < 4.78 is 45.6. The fourth-order valence-electron chi connectivity index (χ4n) is 3.36. The Morgan fingerprint density at radius 1 is 0.719 bits per heavy atom. The van der Waals surface area contributed by atoms with E-state index in [1.54, 1.807) is 0 Å². The highest BCUT2D eigenvalue weighted by Crippen LogP contribution is 2.45. The van der Waals surface area contributed by atoms with E-state index in [9.17, 15) is 14.0 Å². The minimum atomic E-state index is -4.65. The van der Waals surface area contributed by atoms with Crippen LogP contribution in [0.2, 0.25) is 0 Å². The van der Waals surface area contributed by atoms with Crippen molar-refractivity contribution in [2.24, 2.45) is 0 Å². The molecule has 164 valence electrons. The molecular formula is C25H21ClO5S. The highest BCUT2D eigenvalue weighted by molar-refractivity contribution is 8.20. The maximum atomic E-state index is 11.7. The van der Waals surface area contributed by atoms with Gasteiger partial charge < -0.3 is 4.74 Å². The van der Waals surface area contributed by atoms with Crippen molar-refractivity contribution in [2.45, 2.75) is 6.92 Å². The van der Waals surface area contributed by atoms with Gasteiger partial charge in [-0.05, 0) is 53.5 Å². The molecule has 0 fully saturated rings. The average Bonchev–Trinajstić information content (AvgIpc) is 2.80. The summed E-state index contributed by atoms with van der Waals surface area (Å²) in [5, 5.41) is 0. The van der Waals surface area contributed by atoms with Crippen molar-refractivity contribution in [3.8, 4) is 5.75 Å². The van der Waals surface area contributed by atoms with Crippen LogP contribution in [-0.2, 0) is 3.74 Å². The second-order valence-corrected chi connectivity index (χ2v) is 9.55. The van der Waals surface area contributed by atoms with Crippen molar-refractivity contribution < 1.29 is 32.7 Å². The predicted molar refractivity (Wildman–Crippen MR) is 119 cm³/mol. The van der Waals surface area contributed by atoms with E-state index in [1.807, 2.05) is 104 Å². The molecule has 1 heterocycles. The molecule has 0 N–H and O–H groups in total. The first kappa shape index (κ1) is 22.5. The highest BCUT2D eigenvalue weighted by atomic mass is 35.7. The Morgan fingerprint density at radius 2 is 1.31 bits per heavy atom. The molecule has 0 bridgehead atoms. The fourth-order valence-corrected chi connectivity index (χ4v) is 5.92. The summed E-state index contributed by atoms with van der Waals surface area (Å²) in [7, 11) is -6.10. The van der Waals surface area contributed by atoms with E-state index in [1.165, 1.54) is 0 Å². The smallest absolute Gasteiger partial charge is 0.148 e. The number of benzene rings is 3. The van der Waals surface area contributed by atoms with Crippen LogP contribution >= 0.6 is 10.8 Å². The SMILES string of the molecule is CCOc1ccc(C2=CC(c3ccccc3)=CC(c3ccccc3)=S2O[Cl+3]([O-])([O-])[O-])cc1. The number of rotatable bonds is 7. The van der Waals surface area contributed by atoms with E-state index >= 15 is 0 Å². The molecule has 0 spiro atoms. The molecule has 0 radical (unpaired) electrons. The van der Waals surface area contributed by atoms with Gasteiger partial charge in [0.2, 0.25) is 0 Å². The Morgan fingerprint density at radius 3 is 1.88 bits per heavy atom. The van der Waals surface area contributed by atoms with Crippen LogP contribution in [0.25, 0.3) is 10.5 Å². The van der Waals surface area contributed by atoms with Crippen LogP contribution in [0.3, 0.4) is 0 Å². The van der Waals surface area contributed by atoms with Crippen molar-refractivity contribution in [3.05, 3.63) is 114 Å². The van der Waals surface area contributed by atoms with Gasteiger partial charge in [-0.1, -0.05) is 72.8 Å². The molecule has 0 aromatic heterocycles. The van der Waals surface area contributed by atoms with Crippen LogP contribution < -0.4 is 18.7 Å².